The molecule has 5 nitrogen and oxygen atoms in total. The van der Waals surface area contributed by atoms with E-state index in [0.29, 0.717) is 22.8 Å². The van der Waals surface area contributed by atoms with Crippen molar-refractivity contribution in [1.82, 2.24) is 9.80 Å². The number of esters is 1. The summed E-state index contributed by atoms with van der Waals surface area (Å²) in [4.78, 5) is 28.5. The summed E-state index contributed by atoms with van der Waals surface area (Å²) >= 11 is 5.89. The van der Waals surface area contributed by atoms with Crippen LogP contribution in [-0.2, 0) is 11.2 Å². The zero-order valence-electron chi connectivity index (χ0n) is 16.1. The summed E-state index contributed by atoms with van der Waals surface area (Å²) in [7, 11) is 0. The lowest BCUT2D eigenvalue weighted by Gasteiger charge is -2.34. The fraction of sp³-hybridized carbons (Fsp3) is 0.364. The van der Waals surface area contributed by atoms with Crippen LogP contribution in [0.15, 0.2) is 48.5 Å². The molecule has 28 heavy (non-hydrogen) atoms. The molecule has 0 bridgehead atoms. The number of hydrogen-bond donors (Lipinski definition) is 0. The molecule has 0 saturated carbocycles. The maximum absolute atomic E-state index is 12.6. The van der Waals surface area contributed by atoms with E-state index in [2.05, 4.69) is 4.90 Å². The van der Waals surface area contributed by atoms with Gasteiger partial charge in [0, 0.05) is 43.3 Å². The lowest BCUT2D eigenvalue weighted by atomic mass is 10.1. The zero-order valence-corrected chi connectivity index (χ0v) is 16.8. The Kier molecular flexibility index (Phi) is 7.06. The highest BCUT2D eigenvalue weighted by molar-refractivity contribution is 6.30. The van der Waals surface area contributed by atoms with E-state index in [9.17, 15) is 9.59 Å². The Balaban J connectivity index is 1.45. The second-order valence-electron chi connectivity index (χ2n) is 6.81. The van der Waals surface area contributed by atoms with Crippen molar-refractivity contribution in [2.24, 2.45) is 0 Å². The van der Waals surface area contributed by atoms with Gasteiger partial charge in [-0.2, -0.15) is 0 Å². The molecule has 1 aliphatic rings. The predicted octanol–water partition coefficient (Wildman–Crippen LogP) is 3.52. The van der Waals surface area contributed by atoms with Crippen molar-refractivity contribution in [3.05, 3.63) is 70.2 Å². The van der Waals surface area contributed by atoms with Gasteiger partial charge in [0.2, 0.25) is 0 Å². The summed E-state index contributed by atoms with van der Waals surface area (Å²) < 4.78 is 5.00. The largest absolute Gasteiger partial charge is 0.462 e. The van der Waals surface area contributed by atoms with Gasteiger partial charge in [-0.3, -0.25) is 9.69 Å². The Bertz CT molecular complexity index is 798. The first-order valence-electron chi connectivity index (χ1n) is 9.60. The topological polar surface area (TPSA) is 49.9 Å². The number of carbonyl (C=O) groups excluding carboxylic acids is 2. The van der Waals surface area contributed by atoms with E-state index in [1.54, 1.807) is 31.2 Å². The molecule has 2 aromatic rings. The number of carbonyl (C=O) groups is 2. The van der Waals surface area contributed by atoms with Crippen LogP contribution in [0.1, 0.15) is 33.2 Å². The van der Waals surface area contributed by atoms with Gasteiger partial charge in [-0.25, -0.2) is 4.79 Å². The predicted molar refractivity (Wildman–Crippen MR) is 110 cm³/mol. The van der Waals surface area contributed by atoms with Crippen LogP contribution >= 0.6 is 11.6 Å². The Morgan fingerprint density at radius 2 is 1.54 bits per heavy atom. The number of hydrogen-bond acceptors (Lipinski definition) is 4. The highest BCUT2D eigenvalue weighted by Crippen LogP contribution is 2.14. The van der Waals surface area contributed by atoms with E-state index in [4.69, 9.17) is 16.3 Å². The van der Waals surface area contributed by atoms with Crippen molar-refractivity contribution in [3.63, 3.8) is 0 Å². The van der Waals surface area contributed by atoms with Crippen LogP contribution < -0.4 is 0 Å². The van der Waals surface area contributed by atoms with E-state index >= 15 is 0 Å². The molecule has 1 heterocycles. The molecule has 0 radical (unpaired) electrons. The van der Waals surface area contributed by atoms with Crippen LogP contribution in [0.2, 0.25) is 5.02 Å². The van der Waals surface area contributed by atoms with Crippen molar-refractivity contribution >= 4 is 23.5 Å². The van der Waals surface area contributed by atoms with Gasteiger partial charge in [-0.15, -0.1) is 0 Å². The van der Waals surface area contributed by atoms with Gasteiger partial charge in [0.05, 0.1) is 12.2 Å². The van der Waals surface area contributed by atoms with Gasteiger partial charge in [0.25, 0.3) is 5.91 Å². The monoisotopic (exact) mass is 400 g/mol. The first-order chi connectivity index (χ1) is 13.6. The van der Waals surface area contributed by atoms with Gasteiger partial charge >= 0.3 is 5.97 Å². The molecule has 0 spiro atoms. The molecule has 1 fully saturated rings. The van der Waals surface area contributed by atoms with Crippen LogP contribution in [0.3, 0.4) is 0 Å². The third kappa shape index (κ3) is 5.33. The maximum atomic E-state index is 12.6. The van der Waals surface area contributed by atoms with Gasteiger partial charge < -0.3 is 9.64 Å². The molecule has 2 aromatic carbocycles. The summed E-state index contributed by atoms with van der Waals surface area (Å²) in [6.07, 6.45) is 0.911. The van der Waals surface area contributed by atoms with E-state index in [1.807, 2.05) is 29.2 Å². The van der Waals surface area contributed by atoms with Crippen molar-refractivity contribution in [2.45, 2.75) is 13.3 Å². The SMILES string of the molecule is CCOC(=O)c1ccc(CCN2CCN(C(=O)c3ccc(Cl)cc3)CC2)cc1. The molecular formula is C22H25ClN2O3. The molecule has 0 aliphatic carbocycles. The quantitative estimate of drug-likeness (QED) is 0.696. The first kappa shape index (κ1) is 20.4. The van der Waals surface area contributed by atoms with Crippen LogP contribution in [0.25, 0.3) is 0 Å². The molecule has 0 N–H and O–H groups in total. The molecule has 0 aromatic heterocycles. The van der Waals surface area contributed by atoms with Crippen molar-refractivity contribution in [1.29, 1.82) is 0 Å². The van der Waals surface area contributed by atoms with Crippen LogP contribution in [-0.4, -0.2) is 61.0 Å². The highest BCUT2D eigenvalue weighted by Gasteiger charge is 2.21. The van der Waals surface area contributed by atoms with Gasteiger partial charge in [0.15, 0.2) is 0 Å². The zero-order chi connectivity index (χ0) is 19.9. The highest BCUT2D eigenvalue weighted by atomic mass is 35.5. The molecule has 3 rings (SSSR count). The molecule has 0 unspecified atom stereocenters. The number of nitrogens with zero attached hydrogens (tertiary/aromatic N) is 2. The second kappa shape index (κ2) is 9.71. The van der Waals surface area contributed by atoms with Crippen molar-refractivity contribution in [2.75, 3.05) is 39.3 Å². The Labute approximate surface area is 170 Å². The number of piperazine rings is 1. The molecular weight excluding hydrogens is 376 g/mol. The van der Waals surface area contributed by atoms with Gasteiger partial charge in [-0.05, 0) is 55.3 Å². The fourth-order valence-electron chi connectivity index (χ4n) is 3.26. The molecule has 1 amide bonds. The Morgan fingerprint density at radius 1 is 0.929 bits per heavy atom. The summed E-state index contributed by atoms with van der Waals surface area (Å²) in [6.45, 7) is 6.29. The van der Waals surface area contributed by atoms with E-state index in [0.717, 1.165) is 39.1 Å². The fourth-order valence-corrected chi connectivity index (χ4v) is 3.38. The molecule has 0 atom stereocenters. The molecule has 1 aliphatic heterocycles. The molecule has 1 saturated heterocycles. The first-order valence-corrected chi connectivity index (χ1v) is 9.98. The van der Waals surface area contributed by atoms with Crippen LogP contribution in [0.4, 0.5) is 0 Å². The number of benzene rings is 2. The number of rotatable bonds is 6. The lowest BCUT2D eigenvalue weighted by molar-refractivity contribution is 0.0525. The van der Waals surface area contributed by atoms with Crippen LogP contribution in [0, 0.1) is 0 Å². The Hall–Kier alpha value is -2.37. The summed E-state index contributed by atoms with van der Waals surface area (Å²) in [5.41, 5.74) is 2.45. The average Bonchev–Trinajstić information content (AvgIpc) is 2.73. The summed E-state index contributed by atoms with van der Waals surface area (Å²) in [6, 6.07) is 14.6. The Morgan fingerprint density at radius 3 is 2.14 bits per heavy atom. The number of halogens is 1. The summed E-state index contributed by atoms with van der Waals surface area (Å²) in [5, 5.41) is 0.636. The minimum atomic E-state index is -0.282. The minimum Gasteiger partial charge on any atom is -0.462 e. The third-order valence-corrected chi connectivity index (χ3v) is 5.18. The standard InChI is InChI=1S/C22H25ClN2O3/c1-2-28-22(27)19-5-3-17(4-6-19)11-12-24-13-15-25(16-14-24)21(26)18-7-9-20(23)10-8-18/h3-10H,2,11-16H2,1H3. The average molecular weight is 401 g/mol. The molecule has 6 heteroatoms. The molecule has 148 valence electrons. The number of ether oxygens (including phenoxy) is 1. The number of amides is 1. The van der Waals surface area contributed by atoms with Gasteiger partial charge in [-0.1, -0.05) is 23.7 Å². The van der Waals surface area contributed by atoms with Crippen molar-refractivity contribution < 1.29 is 14.3 Å². The minimum absolute atomic E-state index is 0.0610. The third-order valence-electron chi connectivity index (χ3n) is 4.93. The maximum Gasteiger partial charge on any atom is 0.338 e. The van der Waals surface area contributed by atoms with E-state index in [1.165, 1.54) is 5.56 Å². The second-order valence-corrected chi connectivity index (χ2v) is 7.24. The summed E-state index contributed by atoms with van der Waals surface area (Å²) in [5.74, 6) is -0.221. The lowest BCUT2D eigenvalue weighted by Crippen LogP contribution is -2.49. The smallest absolute Gasteiger partial charge is 0.338 e. The van der Waals surface area contributed by atoms with E-state index < -0.39 is 0 Å². The van der Waals surface area contributed by atoms with Crippen molar-refractivity contribution in [3.8, 4) is 0 Å². The van der Waals surface area contributed by atoms with E-state index in [-0.39, 0.29) is 11.9 Å². The van der Waals surface area contributed by atoms with Crippen LogP contribution in [0.5, 0.6) is 0 Å². The van der Waals surface area contributed by atoms with Gasteiger partial charge in [0.1, 0.15) is 0 Å². The normalized spacial score (nSPS) is 14.7.